The van der Waals surface area contributed by atoms with Crippen molar-refractivity contribution in [3.05, 3.63) is 70.2 Å². The molecule has 1 N–H and O–H groups in total. The molecule has 4 nitrogen and oxygen atoms in total. The standard InChI is InChI=1S/C21H23BrN2O2/c22-18-10-4-9-17(15-18)19-11-6-14-24(19)20(25)12-5-13-23-21(26)16-7-2-1-3-8-16/h1-4,7-10,15,19H,5-6,11-14H2,(H,23,26). The van der Waals surface area contributed by atoms with E-state index in [1.807, 2.05) is 35.2 Å². The first-order chi connectivity index (χ1) is 12.6. The summed E-state index contributed by atoms with van der Waals surface area (Å²) >= 11 is 3.51. The minimum absolute atomic E-state index is 0.0915. The largest absolute Gasteiger partial charge is 0.352 e. The number of hydrogen-bond donors (Lipinski definition) is 1. The average molecular weight is 415 g/mol. The van der Waals surface area contributed by atoms with Crippen molar-refractivity contribution in [2.24, 2.45) is 0 Å². The van der Waals surface area contributed by atoms with Gasteiger partial charge in [0.25, 0.3) is 5.91 Å². The summed E-state index contributed by atoms with van der Waals surface area (Å²) in [6.07, 6.45) is 3.15. The normalized spacial score (nSPS) is 16.5. The van der Waals surface area contributed by atoms with Gasteiger partial charge < -0.3 is 10.2 Å². The fourth-order valence-electron chi connectivity index (χ4n) is 3.40. The summed E-state index contributed by atoms with van der Waals surface area (Å²) in [5.41, 5.74) is 1.83. The van der Waals surface area contributed by atoms with Crippen LogP contribution in [-0.4, -0.2) is 29.8 Å². The molecule has 26 heavy (non-hydrogen) atoms. The maximum Gasteiger partial charge on any atom is 0.251 e. The van der Waals surface area contributed by atoms with Crippen molar-refractivity contribution in [1.29, 1.82) is 0 Å². The van der Waals surface area contributed by atoms with E-state index in [0.717, 1.165) is 23.9 Å². The molecule has 1 aliphatic heterocycles. The van der Waals surface area contributed by atoms with E-state index in [1.54, 1.807) is 12.1 Å². The molecule has 0 radical (unpaired) electrons. The Morgan fingerprint density at radius 3 is 2.69 bits per heavy atom. The van der Waals surface area contributed by atoms with Crippen LogP contribution in [0, 0.1) is 0 Å². The van der Waals surface area contributed by atoms with Crippen LogP contribution in [0.4, 0.5) is 0 Å². The fourth-order valence-corrected chi connectivity index (χ4v) is 3.82. The third kappa shape index (κ3) is 4.73. The zero-order valence-electron chi connectivity index (χ0n) is 14.7. The molecule has 1 aliphatic rings. The van der Waals surface area contributed by atoms with Crippen molar-refractivity contribution in [3.8, 4) is 0 Å². The van der Waals surface area contributed by atoms with Crippen LogP contribution >= 0.6 is 15.9 Å². The maximum absolute atomic E-state index is 12.6. The van der Waals surface area contributed by atoms with Gasteiger partial charge in [-0.3, -0.25) is 9.59 Å². The Hall–Kier alpha value is -2.14. The predicted molar refractivity (Wildman–Crippen MR) is 106 cm³/mol. The molecule has 1 atom stereocenters. The molecule has 0 spiro atoms. The monoisotopic (exact) mass is 414 g/mol. The Morgan fingerprint density at radius 1 is 1.12 bits per heavy atom. The van der Waals surface area contributed by atoms with Crippen LogP contribution in [0.1, 0.15) is 47.6 Å². The molecule has 5 heteroatoms. The van der Waals surface area contributed by atoms with E-state index in [9.17, 15) is 9.59 Å². The number of nitrogens with zero attached hydrogens (tertiary/aromatic N) is 1. The van der Waals surface area contributed by atoms with Gasteiger partial charge in [0.2, 0.25) is 5.91 Å². The van der Waals surface area contributed by atoms with Gasteiger partial charge in [0.1, 0.15) is 0 Å². The maximum atomic E-state index is 12.6. The van der Waals surface area contributed by atoms with E-state index in [-0.39, 0.29) is 17.9 Å². The van der Waals surface area contributed by atoms with Crippen LogP contribution in [0.5, 0.6) is 0 Å². The van der Waals surface area contributed by atoms with Gasteiger partial charge in [-0.25, -0.2) is 0 Å². The van der Waals surface area contributed by atoms with Gasteiger partial charge in [0.05, 0.1) is 6.04 Å². The van der Waals surface area contributed by atoms with Crippen LogP contribution in [0.3, 0.4) is 0 Å². The van der Waals surface area contributed by atoms with E-state index in [4.69, 9.17) is 0 Å². The van der Waals surface area contributed by atoms with Crippen LogP contribution in [0.15, 0.2) is 59.1 Å². The van der Waals surface area contributed by atoms with Crippen molar-refractivity contribution in [3.63, 3.8) is 0 Å². The minimum Gasteiger partial charge on any atom is -0.352 e. The van der Waals surface area contributed by atoms with Crippen molar-refractivity contribution in [2.45, 2.75) is 31.7 Å². The molecule has 3 rings (SSSR count). The predicted octanol–water partition coefficient (Wildman–Crippen LogP) is 4.32. The lowest BCUT2D eigenvalue weighted by Crippen LogP contribution is -2.31. The number of hydrogen-bond acceptors (Lipinski definition) is 2. The molecule has 0 aliphatic carbocycles. The number of likely N-dealkylation sites (tertiary alicyclic amines) is 1. The lowest BCUT2D eigenvalue weighted by molar-refractivity contribution is -0.132. The molecule has 1 saturated heterocycles. The lowest BCUT2D eigenvalue weighted by atomic mass is 10.0. The van der Waals surface area contributed by atoms with Crippen LogP contribution in [-0.2, 0) is 4.79 Å². The SMILES string of the molecule is O=C(NCCCC(=O)N1CCCC1c1cccc(Br)c1)c1ccccc1. The van der Waals surface area contributed by atoms with Crippen LogP contribution in [0.25, 0.3) is 0 Å². The zero-order valence-corrected chi connectivity index (χ0v) is 16.2. The highest BCUT2D eigenvalue weighted by Crippen LogP contribution is 2.33. The quantitative estimate of drug-likeness (QED) is 0.715. The van der Waals surface area contributed by atoms with Gasteiger partial charge in [0, 0.05) is 29.5 Å². The molecule has 2 amide bonds. The highest BCUT2D eigenvalue weighted by Gasteiger charge is 2.29. The van der Waals surface area contributed by atoms with E-state index in [0.29, 0.717) is 24.9 Å². The Bertz CT molecular complexity index is 764. The first-order valence-corrected chi connectivity index (χ1v) is 9.82. The third-order valence-electron chi connectivity index (χ3n) is 4.70. The lowest BCUT2D eigenvalue weighted by Gasteiger charge is -2.25. The molecule has 0 bridgehead atoms. The van der Waals surface area contributed by atoms with Gasteiger partial charge >= 0.3 is 0 Å². The summed E-state index contributed by atoms with van der Waals surface area (Å²) in [5, 5.41) is 2.88. The summed E-state index contributed by atoms with van der Waals surface area (Å²) in [6, 6.07) is 17.5. The number of benzene rings is 2. The number of nitrogens with one attached hydrogen (secondary N) is 1. The highest BCUT2D eigenvalue weighted by atomic mass is 79.9. The molecule has 1 fully saturated rings. The van der Waals surface area contributed by atoms with Crippen molar-refractivity contribution < 1.29 is 9.59 Å². The number of halogens is 1. The summed E-state index contributed by atoms with van der Waals surface area (Å²) < 4.78 is 1.04. The van der Waals surface area contributed by atoms with Crippen molar-refractivity contribution >= 4 is 27.7 Å². The first-order valence-electron chi connectivity index (χ1n) is 9.03. The van der Waals surface area contributed by atoms with Gasteiger partial charge in [-0.2, -0.15) is 0 Å². The molecule has 136 valence electrons. The summed E-state index contributed by atoms with van der Waals surface area (Å²) in [6.45, 7) is 1.32. The second-order valence-corrected chi connectivity index (χ2v) is 7.44. The molecule has 0 saturated carbocycles. The van der Waals surface area contributed by atoms with Crippen molar-refractivity contribution in [1.82, 2.24) is 10.2 Å². The highest BCUT2D eigenvalue weighted by molar-refractivity contribution is 9.10. The van der Waals surface area contributed by atoms with Gasteiger partial charge in [-0.15, -0.1) is 0 Å². The van der Waals surface area contributed by atoms with E-state index in [1.165, 1.54) is 5.56 Å². The Labute approximate surface area is 162 Å². The van der Waals surface area contributed by atoms with Crippen LogP contribution in [0.2, 0.25) is 0 Å². The first kappa shape index (κ1) is 18.6. The molecule has 1 unspecified atom stereocenters. The molecule has 1 heterocycles. The number of carbonyl (C=O) groups is 2. The smallest absolute Gasteiger partial charge is 0.251 e. The van der Waals surface area contributed by atoms with E-state index >= 15 is 0 Å². The van der Waals surface area contributed by atoms with Gasteiger partial charge in [-0.1, -0.05) is 46.3 Å². The van der Waals surface area contributed by atoms with Crippen LogP contribution < -0.4 is 5.32 Å². The van der Waals surface area contributed by atoms with E-state index < -0.39 is 0 Å². The Balaban J connectivity index is 1.48. The second-order valence-electron chi connectivity index (χ2n) is 6.53. The molecular weight excluding hydrogens is 392 g/mol. The fraction of sp³-hybridized carbons (Fsp3) is 0.333. The minimum atomic E-state index is -0.0915. The van der Waals surface area contributed by atoms with E-state index in [2.05, 4.69) is 33.4 Å². The summed E-state index contributed by atoms with van der Waals surface area (Å²) in [7, 11) is 0. The Morgan fingerprint density at radius 2 is 1.92 bits per heavy atom. The topological polar surface area (TPSA) is 49.4 Å². The summed E-state index contributed by atoms with van der Waals surface area (Å²) in [5.74, 6) is 0.0765. The molecule has 0 aromatic heterocycles. The molecular formula is C21H23BrN2O2. The summed E-state index contributed by atoms with van der Waals surface area (Å²) in [4.78, 5) is 26.6. The molecule has 2 aromatic rings. The molecule has 2 aromatic carbocycles. The number of amides is 2. The number of rotatable bonds is 6. The average Bonchev–Trinajstić information content (AvgIpc) is 3.15. The van der Waals surface area contributed by atoms with Crippen molar-refractivity contribution in [2.75, 3.05) is 13.1 Å². The Kier molecular flexibility index (Phi) is 6.45. The van der Waals surface area contributed by atoms with Gasteiger partial charge in [0.15, 0.2) is 0 Å². The second kappa shape index (κ2) is 8.99. The number of carbonyl (C=O) groups excluding carboxylic acids is 2. The third-order valence-corrected chi connectivity index (χ3v) is 5.19. The van der Waals surface area contributed by atoms with Gasteiger partial charge in [-0.05, 0) is 49.1 Å². The zero-order chi connectivity index (χ0) is 18.4.